The van der Waals surface area contributed by atoms with Crippen molar-refractivity contribution in [2.75, 3.05) is 26.2 Å². The quantitative estimate of drug-likeness (QED) is 0.177. The number of piperidine rings is 1. The number of carboxylic acids is 2. The average molecular weight is 570 g/mol. The molecule has 0 aliphatic carbocycles. The van der Waals surface area contributed by atoms with Gasteiger partial charge >= 0.3 is 11.9 Å². The molecule has 1 aliphatic rings. The lowest BCUT2D eigenvalue weighted by Crippen LogP contribution is -2.39. The van der Waals surface area contributed by atoms with Gasteiger partial charge in [-0.2, -0.15) is 0 Å². The molecule has 1 aliphatic heterocycles. The Kier molecular flexibility index (Phi) is 12.2. The highest BCUT2D eigenvalue weighted by Crippen LogP contribution is 2.24. The molecular weight excluding hydrogens is 526 g/mol. The minimum atomic E-state index is -0.927. The fourth-order valence-corrected chi connectivity index (χ4v) is 5.59. The Morgan fingerprint density at radius 3 is 2.43 bits per heavy atom. The van der Waals surface area contributed by atoms with Gasteiger partial charge < -0.3 is 19.8 Å². The van der Waals surface area contributed by atoms with E-state index >= 15 is 0 Å². The molecule has 3 aromatic carbocycles. The number of aliphatic carboxylic acids is 1. The number of aryl methyl sites for hydroxylation is 1. The molecule has 222 valence electrons. The molecule has 0 amide bonds. The van der Waals surface area contributed by atoms with Crippen molar-refractivity contribution in [1.82, 2.24) is 4.90 Å². The van der Waals surface area contributed by atoms with Crippen molar-refractivity contribution >= 4 is 18.0 Å². The van der Waals surface area contributed by atoms with Crippen LogP contribution >= 0.6 is 0 Å². The summed E-state index contributed by atoms with van der Waals surface area (Å²) in [5.41, 5.74) is 3.78. The standard InChI is InChI=1S/C36H43NO5/c38-35(39)32-20-17-29(18-21-32)26-30(22-24-37-23-9-14-33(27-37)36(40)41)16-19-31-13-6-7-15-34(31)42-25-8-2-5-12-28-10-3-1-4-11-28/h1,3-4,6-7,10-11,13,15-21,30,33H,2,5,8-9,12,14,22-27H2,(H,38,39)(H,40,41)/b19-16+. The third-order valence-corrected chi connectivity index (χ3v) is 8.05. The molecule has 6 nitrogen and oxygen atoms in total. The Hall–Kier alpha value is -3.90. The highest BCUT2D eigenvalue weighted by atomic mass is 16.5. The largest absolute Gasteiger partial charge is 0.493 e. The van der Waals surface area contributed by atoms with Crippen LogP contribution in [0.25, 0.3) is 6.08 Å². The SMILES string of the molecule is O=C(O)c1ccc(CC(/C=C/c2ccccc2OCCCCCc2ccccc2)CCN2CCCC(C(=O)O)C2)cc1. The summed E-state index contributed by atoms with van der Waals surface area (Å²) in [7, 11) is 0. The van der Waals surface area contributed by atoms with Crippen molar-refractivity contribution in [3.05, 3.63) is 107 Å². The van der Waals surface area contributed by atoms with Gasteiger partial charge in [0.15, 0.2) is 0 Å². The van der Waals surface area contributed by atoms with Crippen LogP contribution < -0.4 is 4.74 Å². The van der Waals surface area contributed by atoms with Crippen LogP contribution in [0.4, 0.5) is 0 Å². The number of hydrogen-bond donors (Lipinski definition) is 2. The van der Waals surface area contributed by atoms with Crippen molar-refractivity contribution in [3.63, 3.8) is 0 Å². The van der Waals surface area contributed by atoms with Crippen LogP contribution in [-0.4, -0.2) is 53.3 Å². The number of para-hydroxylation sites is 1. The number of nitrogens with zero attached hydrogens (tertiary/aromatic N) is 1. The molecule has 42 heavy (non-hydrogen) atoms. The van der Waals surface area contributed by atoms with E-state index in [-0.39, 0.29) is 17.4 Å². The van der Waals surface area contributed by atoms with E-state index in [4.69, 9.17) is 4.74 Å². The van der Waals surface area contributed by atoms with Gasteiger partial charge in [-0.3, -0.25) is 4.79 Å². The van der Waals surface area contributed by atoms with Gasteiger partial charge in [-0.15, -0.1) is 0 Å². The maximum atomic E-state index is 11.5. The Morgan fingerprint density at radius 1 is 0.905 bits per heavy atom. The maximum Gasteiger partial charge on any atom is 0.335 e. The highest BCUT2D eigenvalue weighted by Gasteiger charge is 2.25. The van der Waals surface area contributed by atoms with E-state index in [0.717, 1.165) is 81.3 Å². The number of rotatable bonds is 16. The third-order valence-electron chi connectivity index (χ3n) is 8.05. The van der Waals surface area contributed by atoms with Gasteiger partial charge in [-0.25, -0.2) is 4.79 Å². The smallest absolute Gasteiger partial charge is 0.335 e. The van der Waals surface area contributed by atoms with Crippen LogP contribution in [0.5, 0.6) is 5.75 Å². The second-order valence-electron chi connectivity index (χ2n) is 11.3. The molecule has 1 heterocycles. The average Bonchev–Trinajstić information content (AvgIpc) is 3.01. The number of likely N-dealkylation sites (tertiary alicyclic amines) is 1. The number of ether oxygens (including phenoxy) is 1. The van der Waals surface area contributed by atoms with E-state index in [1.54, 1.807) is 12.1 Å². The number of benzene rings is 3. The zero-order valence-corrected chi connectivity index (χ0v) is 24.4. The van der Waals surface area contributed by atoms with Gasteiger partial charge in [0.05, 0.1) is 18.1 Å². The molecular formula is C36H43NO5. The first-order chi connectivity index (χ1) is 20.5. The lowest BCUT2D eigenvalue weighted by molar-refractivity contribution is -0.143. The van der Waals surface area contributed by atoms with Crippen LogP contribution in [-0.2, 0) is 17.6 Å². The van der Waals surface area contributed by atoms with Crippen molar-refractivity contribution in [1.29, 1.82) is 0 Å². The molecule has 1 fully saturated rings. The highest BCUT2D eigenvalue weighted by molar-refractivity contribution is 5.87. The predicted molar refractivity (Wildman–Crippen MR) is 167 cm³/mol. The topological polar surface area (TPSA) is 87.1 Å². The fraction of sp³-hybridized carbons (Fsp3) is 0.389. The van der Waals surface area contributed by atoms with Gasteiger partial charge in [0.1, 0.15) is 5.75 Å². The van der Waals surface area contributed by atoms with E-state index < -0.39 is 11.9 Å². The van der Waals surface area contributed by atoms with Crippen molar-refractivity contribution in [2.45, 2.75) is 51.4 Å². The molecule has 4 rings (SSSR count). The minimum absolute atomic E-state index is 0.205. The van der Waals surface area contributed by atoms with E-state index in [0.29, 0.717) is 13.2 Å². The maximum absolute atomic E-state index is 11.5. The lowest BCUT2D eigenvalue weighted by Gasteiger charge is -2.31. The van der Waals surface area contributed by atoms with Gasteiger partial charge in [-0.05, 0) is 99.7 Å². The molecule has 0 saturated carbocycles. The Balaban J connectivity index is 1.35. The monoisotopic (exact) mass is 569 g/mol. The number of hydrogen-bond acceptors (Lipinski definition) is 4. The molecule has 2 unspecified atom stereocenters. The number of allylic oxidation sites excluding steroid dienone is 1. The molecule has 3 aromatic rings. The summed E-state index contributed by atoms with van der Waals surface area (Å²) < 4.78 is 6.19. The first-order valence-electron chi connectivity index (χ1n) is 15.2. The molecule has 2 atom stereocenters. The van der Waals surface area contributed by atoms with E-state index in [1.807, 2.05) is 30.3 Å². The summed E-state index contributed by atoms with van der Waals surface area (Å²) in [6.45, 7) is 3.03. The molecule has 1 saturated heterocycles. The Labute approximate surface area is 249 Å². The molecule has 0 aromatic heterocycles. The normalized spacial score (nSPS) is 16.3. The molecule has 0 spiro atoms. The zero-order chi connectivity index (χ0) is 29.6. The van der Waals surface area contributed by atoms with Crippen molar-refractivity contribution < 1.29 is 24.5 Å². The van der Waals surface area contributed by atoms with Gasteiger partial charge in [0.25, 0.3) is 0 Å². The predicted octanol–water partition coefficient (Wildman–Crippen LogP) is 7.24. The number of carbonyl (C=O) groups is 2. The second kappa shape index (κ2) is 16.5. The number of aromatic carboxylic acids is 1. The summed E-state index contributed by atoms with van der Waals surface area (Å²) >= 11 is 0. The number of unbranched alkanes of at least 4 members (excludes halogenated alkanes) is 2. The van der Waals surface area contributed by atoms with Gasteiger partial charge in [0, 0.05) is 12.1 Å². The van der Waals surface area contributed by atoms with E-state index in [2.05, 4.69) is 53.5 Å². The fourth-order valence-electron chi connectivity index (χ4n) is 5.59. The first-order valence-corrected chi connectivity index (χ1v) is 15.2. The van der Waals surface area contributed by atoms with Crippen LogP contribution in [0.3, 0.4) is 0 Å². The molecule has 2 N–H and O–H groups in total. The molecule has 0 bridgehead atoms. The lowest BCUT2D eigenvalue weighted by atomic mass is 9.93. The summed E-state index contributed by atoms with van der Waals surface area (Å²) in [4.78, 5) is 25.1. The van der Waals surface area contributed by atoms with E-state index in [9.17, 15) is 19.8 Å². The Bertz CT molecular complexity index is 1290. The van der Waals surface area contributed by atoms with Gasteiger partial charge in [-0.1, -0.05) is 72.8 Å². The third kappa shape index (κ3) is 10.2. The second-order valence-corrected chi connectivity index (χ2v) is 11.3. The van der Waals surface area contributed by atoms with Crippen LogP contribution in [0.15, 0.2) is 84.9 Å². The summed E-state index contributed by atoms with van der Waals surface area (Å²) in [5.74, 6) is -0.844. The number of carboxylic acid groups (broad SMARTS) is 2. The Morgan fingerprint density at radius 2 is 1.67 bits per heavy atom. The van der Waals surface area contributed by atoms with Crippen LogP contribution in [0, 0.1) is 11.8 Å². The minimum Gasteiger partial charge on any atom is -0.493 e. The summed E-state index contributed by atoms with van der Waals surface area (Å²) in [6, 6.07) is 25.8. The summed E-state index contributed by atoms with van der Waals surface area (Å²) in [5, 5.41) is 18.7. The van der Waals surface area contributed by atoms with Crippen molar-refractivity contribution in [3.8, 4) is 5.75 Å². The zero-order valence-electron chi connectivity index (χ0n) is 24.4. The van der Waals surface area contributed by atoms with E-state index in [1.165, 1.54) is 5.56 Å². The van der Waals surface area contributed by atoms with Gasteiger partial charge in [0.2, 0.25) is 0 Å². The first kappa shape index (κ1) is 31.0. The summed E-state index contributed by atoms with van der Waals surface area (Å²) in [6.07, 6.45) is 12.0. The van der Waals surface area contributed by atoms with Crippen molar-refractivity contribution in [2.24, 2.45) is 11.8 Å². The molecule has 6 heteroatoms. The molecule has 0 radical (unpaired) electrons. The van der Waals surface area contributed by atoms with Crippen LogP contribution in [0.2, 0.25) is 0 Å². The van der Waals surface area contributed by atoms with Crippen LogP contribution in [0.1, 0.15) is 65.6 Å².